The summed E-state index contributed by atoms with van der Waals surface area (Å²) in [4.78, 5) is 24.9. The molecule has 6 N–H and O–H groups in total. The standard InChI is InChI=1S/C55H97NO10/c1-3-5-7-9-11-13-22-27-31-35-39-43-51(60)64-44-40-36-32-28-24-21-19-17-15-16-18-20-23-26-30-34-38-42-50(59)56-47(46-65-55-54(63)53(62)52(61)49(45-57)66-55)48(58)41-37-33-29-25-14-12-10-8-6-4-2/h9,11,14-15,17,21,24-25,37,41,47-49,52-55,57-58,61-63H,3-8,10,12-13,16,18-20,22-23,26-36,38-40,42-46H2,1-2H3,(H,56,59)/b11-9-,17-15-,24-21-,25-14+,41-37+. The van der Waals surface area contributed by atoms with E-state index in [0.29, 0.717) is 19.4 Å². The monoisotopic (exact) mass is 932 g/mol. The van der Waals surface area contributed by atoms with Crippen LogP contribution in [0.25, 0.3) is 0 Å². The lowest BCUT2D eigenvalue weighted by atomic mass is 9.99. The Bertz CT molecular complexity index is 1280. The molecule has 1 fully saturated rings. The van der Waals surface area contributed by atoms with Crippen molar-refractivity contribution in [3.05, 3.63) is 60.8 Å². The van der Waals surface area contributed by atoms with Gasteiger partial charge in [0.05, 0.1) is 32.0 Å². The summed E-state index contributed by atoms with van der Waals surface area (Å²) in [6, 6.07) is -0.839. The highest BCUT2D eigenvalue weighted by Gasteiger charge is 2.44. The van der Waals surface area contributed by atoms with Crippen molar-refractivity contribution in [3.8, 4) is 0 Å². The third-order valence-electron chi connectivity index (χ3n) is 12.1. The second-order valence-electron chi connectivity index (χ2n) is 18.2. The van der Waals surface area contributed by atoms with E-state index in [1.807, 2.05) is 6.08 Å². The summed E-state index contributed by atoms with van der Waals surface area (Å²) in [5, 5.41) is 54.1. The van der Waals surface area contributed by atoms with Crippen LogP contribution in [-0.2, 0) is 23.8 Å². The maximum absolute atomic E-state index is 13.0. The molecule has 1 heterocycles. The lowest BCUT2D eigenvalue weighted by Crippen LogP contribution is -2.60. The summed E-state index contributed by atoms with van der Waals surface area (Å²) < 4.78 is 16.6. The third kappa shape index (κ3) is 34.6. The number of aliphatic hydroxyl groups is 5. The van der Waals surface area contributed by atoms with Gasteiger partial charge in [-0.25, -0.2) is 0 Å². The fraction of sp³-hybridized carbons (Fsp3) is 0.782. The van der Waals surface area contributed by atoms with Crippen LogP contribution in [-0.4, -0.2) is 100 Å². The number of amides is 1. The van der Waals surface area contributed by atoms with E-state index >= 15 is 0 Å². The Morgan fingerprint density at radius 1 is 0.561 bits per heavy atom. The van der Waals surface area contributed by atoms with Crippen molar-refractivity contribution in [2.45, 2.75) is 256 Å². The molecule has 1 aliphatic rings. The number of carbonyl (C=O) groups excluding carboxylic acids is 2. The predicted molar refractivity (Wildman–Crippen MR) is 269 cm³/mol. The number of hydrogen-bond donors (Lipinski definition) is 6. The zero-order valence-electron chi connectivity index (χ0n) is 41.6. The minimum absolute atomic E-state index is 0.0455. The number of rotatable bonds is 44. The van der Waals surface area contributed by atoms with Gasteiger partial charge in [-0.1, -0.05) is 158 Å². The number of unbranched alkanes of at least 4 members (excludes halogenated alkanes) is 22. The number of allylic oxidation sites excluding steroid dienone is 9. The lowest BCUT2D eigenvalue weighted by molar-refractivity contribution is -0.302. The number of aliphatic hydroxyl groups excluding tert-OH is 5. The van der Waals surface area contributed by atoms with E-state index in [-0.39, 0.29) is 18.5 Å². The van der Waals surface area contributed by atoms with E-state index in [0.717, 1.165) is 96.3 Å². The molecule has 11 nitrogen and oxygen atoms in total. The van der Waals surface area contributed by atoms with Gasteiger partial charge in [-0.3, -0.25) is 9.59 Å². The van der Waals surface area contributed by atoms with Crippen LogP contribution >= 0.6 is 0 Å². The number of nitrogens with one attached hydrogen (secondary N) is 1. The molecule has 1 saturated heterocycles. The second-order valence-corrected chi connectivity index (χ2v) is 18.2. The molecule has 0 aliphatic carbocycles. The predicted octanol–water partition coefficient (Wildman–Crippen LogP) is 11.1. The van der Waals surface area contributed by atoms with E-state index in [9.17, 15) is 35.1 Å². The van der Waals surface area contributed by atoms with Gasteiger partial charge >= 0.3 is 5.97 Å². The maximum atomic E-state index is 13.0. The van der Waals surface area contributed by atoms with Crippen molar-refractivity contribution in [2.75, 3.05) is 19.8 Å². The number of ether oxygens (including phenoxy) is 3. The van der Waals surface area contributed by atoms with Crippen molar-refractivity contribution in [1.29, 1.82) is 0 Å². The molecule has 1 aliphatic heterocycles. The number of carbonyl (C=O) groups is 2. The summed E-state index contributed by atoms with van der Waals surface area (Å²) in [5.41, 5.74) is 0. The Kier molecular flexibility index (Phi) is 41.7. The molecule has 0 aromatic carbocycles. The van der Waals surface area contributed by atoms with E-state index < -0.39 is 49.5 Å². The second kappa shape index (κ2) is 44.8. The van der Waals surface area contributed by atoms with Gasteiger partial charge in [0.2, 0.25) is 5.91 Å². The molecular weight excluding hydrogens is 835 g/mol. The van der Waals surface area contributed by atoms with Crippen LogP contribution in [0.5, 0.6) is 0 Å². The highest BCUT2D eigenvalue weighted by atomic mass is 16.7. The van der Waals surface area contributed by atoms with Gasteiger partial charge < -0.3 is 45.1 Å². The number of hydrogen-bond acceptors (Lipinski definition) is 10. The van der Waals surface area contributed by atoms with Gasteiger partial charge in [0.15, 0.2) is 6.29 Å². The summed E-state index contributed by atoms with van der Waals surface area (Å²) in [5.74, 6) is -0.258. The molecule has 0 spiro atoms. The minimum atomic E-state index is -1.58. The van der Waals surface area contributed by atoms with Gasteiger partial charge in [-0.2, -0.15) is 0 Å². The average Bonchev–Trinajstić information content (AvgIpc) is 3.31. The highest BCUT2D eigenvalue weighted by Crippen LogP contribution is 2.22. The first-order valence-electron chi connectivity index (χ1n) is 26.6. The van der Waals surface area contributed by atoms with Gasteiger partial charge in [0.25, 0.3) is 0 Å². The molecule has 1 rings (SSSR count). The summed E-state index contributed by atoms with van der Waals surface area (Å²) in [6.45, 7) is 4.17. The molecule has 66 heavy (non-hydrogen) atoms. The van der Waals surface area contributed by atoms with Crippen LogP contribution in [0.3, 0.4) is 0 Å². The van der Waals surface area contributed by atoms with E-state index in [2.05, 4.69) is 67.8 Å². The minimum Gasteiger partial charge on any atom is -0.466 e. The largest absolute Gasteiger partial charge is 0.466 e. The van der Waals surface area contributed by atoms with Gasteiger partial charge in [0, 0.05) is 12.8 Å². The van der Waals surface area contributed by atoms with Gasteiger partial charge in [-0.05, 0) is 103 Å². The zero-order valence-corrected chi connectivity index (χ0v) is 41.6. The Labute approximate surface area is 401 Å². The average molecular weight is 932 g/mol. The first kappa shape index (κ1) is 61.4. The Morgan fingerprint density at radius 3 is 1.64 bits per heavy atom. The normalized spacial score (nSPS) is 20.1. The van der Waals surface area contributed by atoms with Crippen LogP contribution in [0, 0.1) is 0 Å². The number of esters is 1. The van der Waals surface area contributed by atoms with Crippen molar-refractivity contribution in [2.24, 2.45) is 0 Å². The summed E-state index contributed by atoms with van der Waals surface area (Å²) >= 11 is 0. The lowest BCUT2D eigenvalue weighted by Gasteiger charge is -2.40. The zero-order chi connectivity index (χ0) is 48.1. The first-order valence-corrected chi connectivity index (χ1v) is 26.6. The van der Waals surface area contributed by atoms with Crippen LogP contribution in [0.2, 0.25) is 0 Å². The molecule has 0 radical (unpaired) electrons. The van der Waals surface area contributed by atoms with E-state index in [4.69, 9.17) is 14.2 Å². The van der Waals surface area contributed by atoms with Crippen LogP contribution < -0.4 is 5.32 Å². The van der Waals surface area contributed by atoms with Crippen molar-refractivity contribution in [1.82, 2.24) is 5.32 Å². The van der Waals surface area contributed by atoms with Gasteiger partial charge in [0.1, 0.15) is 24.4 Å². The molecule has 7 unspecified atom stereocenters. The molecule has 0 aromatic rings. The molecule has 1 amide bonds. The molecule has 0 bridgehead atoms. The van der Waals surface area contributed by atoms with Crippen molar-refractivity contribution >= 4 is 11.9 Å². The molecule has 0 aromatic heterocycles. The smallest absolute Gasteiger partial charge is 0.305 e. The Balaban J connectivity index is 2.16. The maximum Gasteiger partial charge on any atom is 0.305 e. The fourth-order valence-corrected chi connectivity index (χ4v) is 7.75. The first-order chi connectivity index (χ1) is 32.2. The van der Waals surface area contributed by atoms with Crippen molar-refractivity contribution < 1.29 is 49.3 Å². The Hall–Kier alpha value is -2.64. The van der Waals surface area contributed by atoms with E-state index in [1.165, 1.54) is 89.9 Å². The highest BCUT2D eigenvalue weighted by molar-refractivity contribution is 5.76. The van der Waals surface area contributed by atoms with Crippen LogP contribution in [0.15, 0.2) is 60.8 Å². The Morgan fingerprint density at radius 2 is 1.05 bits per heavy atom. The van der Waals surface area contributed by atoms with Crippen molar-refractivity contribution in [3.63, 3.8) is 0 Å². The van der Waals surface area contributed by atoms with Gasteiger partial charge in [-0.15, -0.1) is 0 Å². The fourth-order valence-electron chi connectivity index (χ4n) is 7.75. The van der Waals surface area contributed by atoms with Crippen LogP contribution in [0.1, 0.15) is 213 Å². The summed E-state index contributed by atoms with van der Waals surface area (Å²) in [6.07, 6.45) is 46.0. The molecular formula is C55H97NO10. The summed E-state index contributed by atoms with van der Waals surface area (Å²) in [7, 11) is 0. The molecule has 7 atom stereocenters. The molecule has 11 heteroatoms. The topological polar surface area (TPSA) is 175 Å². The third-order valence-corrected chi connectivity index (χ3v) is 12.1. The van der Waals surface area contributed by atoms with E-state index in [1.54, 1.807) is 6.08 Å². The van der Waals surface area contributed by atoms with Crippen LogP contribution in [0.4, 0.5) is 0 Å². The molecule has 0 saturated carbocycles. The molecule has 382 valence electrons. The SMILES string of the molecule is CCCC/C=C\CCCCCCCC(=O)OCCCCC/C=C\C/C=C\CCCCCCCCCC(=O)NC(COC1OC(CO)C(O)C(O)C1O)C(O)/C=C/CC/C=C/CCCCCC. The quantitative estimate of drug-likeness (QED) is 0.0196.